The fourth-order valence-electron chi connectivity index (χ4n) is 3.23. The minimum absolute atomic E-state index is 0.0183. The number of likely N-dealkylation sites (tertiary alicyclic amines) is 1. The number of nitrogens with zero attached hydrogens (tertiary/aromatic N) is 2. The maximum Gasteiger partial charge on any atom is 0.270 e. The number of carbonyl (C=O) groups is 1. The molecule has 2 heterocycles. The summed E-state index contributed by atoms with van der Waals surface area (Å²) in [5, 5.41) is 11.1. The number of benzene rings is 1. The molecule has 0 unspecified atom stereocenters. The topological polar surface area (TPSA) is 45.5 Å². The lowest BCUT2D eigenvalue weighted by Crippen LogP contribution is -2.52. The molecule has 23 heavy (non-hydrogen) atoms. The average molecular weight is 333 g/mol. The smallest absolute Gasteiger partial charge is 0.270 e. The van der Waals surface area contributed by atoms with Crippen molar-refractivity contribution in [1.29, 1.82) is 0 Å². The van der Waals surface area contributed by atoms with E-state index in [2.05, 4.69) is 0 Å². The molecule has 0 bridgehead atoms. The molecule has 1 fully saturated rings. The van der Waals surface area contributed by atoms with E-state index in [1.165, 1.54) is 0 Å². The van der Waals surface area contributed by atoms with E-state index in [0.29, 0.717) is 23.7 Å². The number of aliphatic hydroxyl groups excluding tert-OH is 1. The fourth-order valence-corrected chi connectivity index (χ4v) is 3.35. The van der Waals surface area contributed by atoms with E-state index >= 15 is 0 Å². The molecule has 0 saturated carbocycles. The highest BCUT2D eigenvalue weighted by Gasteiger charge is 2.34. The molecule has 3 rings (SSSR count). The van der Waals surface area contributed by atoms with Crippen LogP contribution in [0.25, 0.3) is 0 Å². The van der Waals surface area contributed by atoms with Gasteiger partial charge in [0.25, 0.3) is 5.91 Å². The van der Waals surface area contributed by atoms with Crippen LogP contribution in [-0.2, 0) is 13.5 Å². The lowest BCUT2D eigenvalue weighted by Gasteiger charge is -2.39. The Labute approximate surface area is 141 Å². The van der Waals surface area contributed by atoms with Gasteiger partial charge in [-0.05, 0) is 49.1 Å². The first-order chi connectivity index (χ1) is 11.1. The number of hydrogen-bond donors (Lipinski definition) is 1. The van der Waals surface area contributed by atoms with Gasteiger partial charge in [0, 0.05) is 24.8 Å². The van der Waals surface area contributed by atoms with Crippen molar-refractivity contribution in [3.05, 3.63) is 58.9 Å². The number of amides is 1. The zero-order valence-corrected chi connectivity index (χ0v) is 13.9. The number of aryl methyl sites for hydroxylation is 1. The summed E-state index contributed by atoms with van der Waals surface area (Å²) < 4.78 is 1.82. The summed E-state index contributed by atoms with van der Waals surface area (Å²) >= 11 is 5.93. The van der Waals surface area contributed by atoms with Gasteiger partial charge in [-0.1, -0.05) is 23.7 Å². The van der Waals surface area contributed by atoms with Gasteiger partial charge in [-0.3, -0.25) is 4.79 Å². The Morgan fingerprint density at radius 1 is 1.30 bits per heavy atom. The van der Waals surface area contributed by atoms with Crippen LogP contribution in [0.15, 0.2) is 42.6 Å². The van der Waals surface area contributed by atoms with Gasteiger partial charge in [0.1, 0.15) is 5.69 Å². The number of piperidine rings is 1. The van der Waals surface area contributed by atoms with Crippen LogP contribution in [0.5, 0.6) is 0 Å². The highest BCUT2D eigenvalue weighted by molar-refractivity contribution is 6.30. The molecule has 4 nitrogen and oxygen atoms in total. The third-order valence-corrected chi connectivity index (χ3v) is 4.78. The molecule has 1 aromatic carbocycles. The third-order valence-electron chi connectivity index (χ3n) is 4.53. The maximum absolute atomic E-state index is 12.9. The van der Waals surface area contributed by atoms with Crippen molar-refractivity contribution in [1.82, 2.24) is 9.47 Å². The SMILES string of the molecule is Cn1cccc1C(=O)N1CCC[C@H](O)[C@@H]1Cc1ccc(Cl)cc1. The molecule has 0 aliphatic carbocycles. The predicted molar refractivity (Wildman–Crippen MR) is 90.6 cm³/mol. The second kappa shape index (κ2) is 6.77. The zero-order valence-electron chi connectivity index (χ0n) is 13.2. The Kier molecular flexibility index (Phi) is 4.74. The molecule has 1 saturated heterocycles. The second-order valence-electron chi connectivity index (χ2n) is 6.11. The summed E-state index contributed by atoms with van der Waals surface area (Å²) in [6.07, 6.45) is 3.56. The largest absolute Gasteiger partial charge is 0.391 e. The minimum atomic E-state index is -0.497. The Morgan fingerprint density at radius 2 is 2.04 bits per heavy atom. The zero-order chi connectivity index (χ0) is 16.4. The lowest BCUT2D eigenvalue weighted by molar-refractivity contribution is 0.0113. The van der Waals surface area contributed by atoms with E-state index in [1.807, 2.05) is 59.1 Å². The standard InChI is InChI=1S/C18H21ClN2O2/c1-20-10-2-4-15(20)18(23)21-11-3-5-17(22)16(21)12-13-6-8-14(19)9-7-13/h2,4,6-10,16-17,22H,3,5,11-12H2,1H3/t16-,17-/m0/s1. The number of hydrogen-bond acceptors (Lipinski definition) is 2. The number of carbonyl (C=O) groups excluding carboxylic acids is 1. The highest BCUT2D eigenvalue weighted by Crippen LogP contribution is 2.24. The van der Waals surface area contributed by atoms with Crippen molar-refractivity contribution in [3.8, 4) is 0 Å². The Balaban J connectivity index is 1.83. The van der Waals surface area contributed by atoms with Crippen molar-refractivity contribution in [2.75, 3.05) is 6.54 Å². The van der Waals surface area contributed by atoms with E-state index in [0.717, 1.165) is 18.4 Å². The molecular weight excluding hydrogens is 312 g/mol. The van der Waals surface area contributed by atoms with E-state index in [-0.39, 0.29) is 11.9 Å². The summed E-state index contributed by atoms with van der Waals surface area (Å²) in [7, 11) is 1.86. The van der Waals surface area contributed by atoms with Crippen molar-refractivity contribution in [2.45, 2.75) is 31.4 Å². The first-order valence-electron chi connectivity index (χ1n) is 7.91. The molecule has 0 radical (unpaired) electrons. The predicted octanol–water partition coefficient (Wildman–Crippen LogP) is 2.89. The molecule has 1 aromatic heterocycles. The molecule has 1 aliphatic rings. The van der Waals surface area contributed by atoms with Gasteiger partial charge in [0.05, 0.1) is 12.1 Å². The number of aliphatic hydroxyl groups is 1. The minimum Gasteiger partial charge on any atom is -0.391 e. The van der Waals surface area contributed by atoms with Gasteiger partial charge >= 0.3 is 0 Å². The normalized spacial score (nSPS) is 21.4. The van der Waals surface area contributed by atoms with Gasteiger partial charge < -0.3 is 14.6 Å². The molecule has 2 atom stereocenters. The molecular formula is C18H21ClN2O2. The van der Waals surface area contributed by atoms with Crippen LogP contribution in [-0.4, -0.2) is 39.2 Å². The van der Waals surface area contributed by atoms with Crippen LogP contribution in [0.1, 0.15) is 28.9 Å². The quantitative estimate of drug-likeness (QED) is 0.939. The van der Waals surface area contributed by atoms with Crippen LogP contribution in [0.4, 0.5) is 0 Å². The second-order valence-corrected chi connectivity index (χ2v) is 6.55. The summed E-state index contributed by atoms with van der Waals surface area (Å²) in [5.41, 5.74) is 1.73. The van der Waals surface area contributed by atoms with Crippen LogP contribution < -0.4 is 0 Å². The average Bonchev–Trinajstić information content (AvgIpc) is 2.97. The first-order valence-corrected chi connectivity index (χ1v) is 8.29. The van der Waals surface area contributed by atoms with E-state index < -0.39 is 6.10 Å². The van der Waals surface area contributed by atoms with E-state index in [9.17, 15) is 9.90 Å². The molecule has 122 valence electrons. The van der Waals surface area contributed by atoms with E-state index in [1.54, 1.807) is 0 Å². The Morgan fingerprint density at radius 3 is 2.70 bits per heavy atom. The molecule has 1 amide bonds. The van der Waals surface area contributed by atoms with Crippen LogP contribution in [0, 0.1) is 0 Å². The van der Waals surface area contributed by atoms with Crippen molar-refractivity contribution in [2.24, 2.45) is 7.05 Å². The first kappa shape index (κ1) is 16.1. The fraction of sp³-hybridized carbons (Fsp3) is 0.389. The van der Waals surface area contributed by atoms with Crippen molar-refractivity contribution >= 4 is 17.5 Å². The maximum atomic E-state index is 12.9. The van der Waals surface area contributed by atoms with Gasteiger partial charge in [-0.2, -0.15) is 0 Å². The Hall–Kier alpha value is -1.78. The summed E-state index contributed by atoms with van der Waals surface area (Å²) in [5.74, 6) is -0.0183. The van der Waals surface area contributed by atoms with Crippen LogP contribution in [0.2, 0.25) is 5.02 Å². The van der Waals surface area contributed by atoms with Crippen molar-refractivity contribution < 1.29 is 9.90 Å². The molecule has 1 N–H and O–H groups in total. The number of halogens is 1. The monoisotopic (exact) mass is 332 g/mol. The molecule has 1 aliphatic heterocycles. The highest BCUT2D eigenvalue weighted by atomic mass is 35.5. The van der Waals surface area contributed by atoms with Crippen molar-refractivity contribution in [3.63, 3.8) is 0 Å². The Bertz CT molecular complexity index is 681. The van der Waals surface area contributed by atoms with E-state index in [4.69, 9.17) is 11.6 Å². The van der Waals surface area contributed by atoms with Gasteiger partial charge in [0.15, 0.2) is 0 Å². The molecule has 5 heteroatoms. The van der Waals surface area contributed by atoms with Gasteiger partial charge in [0.2, 0.25) is 0 Å². The third kappa shape index (κ3) is 3.43. The summed E-state index contributed by atoms with van der Waals surface area (Å²) in [6.45, 7) is 0.680. The summed E-state index contributed by atoms with van der Waals surface area (Å²) in [6, 6.07) is 11.1. The lowest BCUT2D eigenvalue weighted by atomic mass is 9.92. The van der Waals surface area contributed by atoms with Crippen LogP contribution >= 0.6 is 11.6 Å². The summed E-state index contributed by atoms with van der Waals surface area (Å²) in [4.78, 5) is 14.7. The molecule has 0 spiro atoms. The van der Waals surface area contributed by atoms with Crippen LogP contribution in [0.3, 0.4) is 0 Å². The van der Waals surface area contributed by atoms with Gasteiger partial charge in [-0.15, -0.1) is 0 Å². The molecule has 2 aromatic rings. The number of aromatic nitrogens is 1. The number of rotatable bonds is 3. The van der Waals surface area contributed by atoms with Gasteiger partial charge in [-0.25, -0.2) is 0 Å².